The van der Waals surface area contributed by atoms with E-state index in [1.165, 1.54) is 5.56 Å². The standard InChI is InChI=1S/C17H27NO3/c1-12(9-13(2)19)11-18-16-5-4-8-21-17-7-6-14(20-3)10-15(16)17/h6-7,10,12-13,16,18-19H,4-5,8-9,11H2,1-3H3. The second kappa shape index (κ2) is 7.66. The first-order valence-corrected chi connectivity index (χ1v) is 7.82. The summed E-state index contributed by atoms with van der Waals surface area (Å²) in [5.74, 6) is 2.26. The number of hydrogen-bond acceptors (Lipinski definition) is 4. The van der Waals surface area contributed by atoms with Gasteiger partial charge in [-0.05, 0) is 56.8 Å². The zero-order valence-corrected chi connectivity index (χ0v) is 13.3. The van der Waals surface area contributed by atoms with E-state index in [2.05, 4.69) is 18.3 Å². The van der Waals surface area contributed by atoms with E-state index < -0.39 is 0 Å². The lowest BCUT2D eigenvalue weighted by molar-refractivity contribution is 0.162. The van der Waals surface area contributed by atoms with Gasteiger partial charge in [0.15, 0.2) is 0 Å². The molecule has 0 amide bonds. The van der Waals surface area contributed by atoms with E-state index in [0.29, 0.717) is 5.92 Å². The summed E-state index contributed by atoms with van der Waals surface area (Å²) in [7, 11) is 1.69. The SMILES string of the molecule is COc1ccc2c(c1)C(NCC(C)CC(C)O)CCCO2. The molecule has 4 heteroatoms. The fourth-order valence-corrected chi connectivity index (χ4v) is 2.90. The highest BCUT2D eigenvalue weighted by atomic mass is 16.5. The summed E-state index contributed by atoms with van der Waals surface area (Å²) in [5.41, 5.74) is 1.18. The number of aliphatic hydroxyl groups is 1. The molecule has 0 saturated carbocycles. The first-order chi connectivity index (χ1) is 10.1. The summed E-state index contributed by atoms with van der Waals surface area (Å²) in [6.45, 7) is 5.67. The van der Waals surface area contributed by atoms with Gasteiger partial charge in [-0.25, -0.2) is 0 Å². The molecule has 0 saturated heterocycles. The van der Waals surface area contributed by atoms with Crippen LogP contribution in [0.1, 0.15) is 44.7 Å². The molecule has 0 radical (unpaired) electrons. The van der Waals surface area contributed by atoms with E-state index in [1.54, 1.807) is 7.11 Å². The maximum Gasteiger partial charge on any atom is 0.124 e. The Bertz CT molecular complexity index is 448. The molecule has 2 N–H and O–H groups in total. The van der Waals surface area contributed by atoms with Gasteiger partial charge in [0, 0.05) is 11.6 Å². The minimum Gasteiger partial charge on any atom is -0.497 e. The maximum absolute atomic E-state index is 9.47. The Morgan fingerprint density at radius 1 is 1.43 bits per heavy atom. The first kappa shape index (κ1) is 16.1. The van der Waals surface area contributed by atoms with Crippen LogP contribution in [-0.2, 0) is 0 Å². The van der Waals surface area contributed by atoms with Crippen molar-refractivity contribution in [1.29, 1.82) is 0 Å². The normalized spacial score (nSPS) is 20.9. The van der Waals surface area contributed by atoms with E-state index in [-0.39, 0.29) is 12.1 Å². The van der Waals surface area contributed by atoms with Gasteiger partial charge in [0.1, 0.15) is 11.5 Å². The quantitative estimate of drug-likeness (QED) is 0.847. The molecular weight excluding hydrogens is 266 g/mol. The Balaban J connectivity index is 2.06. The van der Waals surface area contributed by atoms with Crippen molar-refractivity contribution < 1.29 is 14.6 Å². The fourth-order valence-electron chi connectivity index (χ4n) is 2.90. The molecule has 3 unspecified atom stereocenters. The van der Waals surface area contributed by atoms with E-state index in [4.69, 9.17) is 9.47 Å². The van der Waals surface area contributed by atoms with Crippen LogP contribution in [0.25, 0.3) is 0 Å². The lowest BCUT2D eigenvalue weighted by Crippen LogP contribution is -2.27. The van der Waals surface area contributed by atoms with Crippen LogP contribution in [0.15, 0.2) is 18.2 Å². The second-order valence-electron chi connectivity index (χ2n) is 6.05. The molecule has 0 bridgehead atoms. The number of methoxy groups -OCH3 is 1. The van der Waals surface area contributed by atoms with Crippen molar-refractivity contribution in [1.82, 2.24) is 5.32 Å². The van der Waals surface area contributed by atoms with Gasteiger partial charge in [0.25, 0.3) is 0 Å². The first-order valence-electron chi connectivity index (χ1n) is 7.82. The Morgan fingerprint density at radius 2 is 2.24 bits per heavy atom. The number of rotatable bonds is 6. The number of aliphatic hydroxyl groups excluding tert-OH is 1. The molecule has 2 rings (SSSR count). The molecule has 1 aromatic rings. The highest BCUT2D eigenvalue weighted by Gasteiger charge is 2.21. The van der Waals surface area contributed by atoms with Crippen molar-refractivity contribution in [2.45, 2.75) is 45.3 Å². The average Bonchev–Trinajstić information content (AvgIpc) is 2.65. The van der Waals surface area contributed by atoms with Crippen molar-refractivity contribution in [3.05, 3.63) is 23.8 Å². The van der Waals surface area contributed by atoms with Gasteiger partial charge in [-0.3, -0.25) is 0 Å². The van der Waals surface area contributed by atoms with Gasteiger partial charge in [-0.15, -0.1) is 0 Å². The van der Waals surface area contributed by atoms with Gasteiger partial charge in [0.2, 0.25) is 0 Å². The molecular formula is C17H27NO3. The van der Waals surface area contributed by atoms with Crippen molar-refractivity contribution in [2.24, 2.45) is 5.92 Å². The van der Waals surface area contributed by atoms with Crippen LogP contribution in [-0.4, -0.2) is 31.5 Å². The Morgan fingerprint density at radius 3 is 2.95 bits per heavy atom. The molecule has 4 nitrogen and oxygen atoms in total. The van der Waals surface area contributed by atoms with E-state index in [9.17, 15) is 5.11 Å². The molecule has 1 heterocycles. The maximum atomic E-state index is 9.47. The van der Waals surface area contributed by atoms with E-state index >= 15 is 0 Å². The molecule has 0 aromatic heterocycles. The monoisotopic (exact) mass is 293 g/mol. The summed E-state index contributed by atoms with van der Waals surface area (Å²) < 4.78 is 11.1. The average molecular weight is 293 g/mol. The van der Waals surface area contributed by atoms with Gasteiger partial charge in [-0.1, -0.05) is 6.92 Å². The highest BCUT2D eigenvalue weighted by Crippen LogP contribution is 2.34. The smallest absolute Gasteiger partial charge is 0.124 e. The molecule has 1 aliphatic heterocycles. The third kappa shape index (κ3) is 4.61. The number of ether oxygens (including phenoxy) is 2. The summed E-state index contributed by atoms with van der Waals surface area (Å²) in [6, 6.07) is 6.29. The predicted molar refractivity (Wildman–Crippen MR) is 83.9 cm³/mol. The third-order valence-electron chi connectivity index (χ3n) is 3.94. The zero-order valence-electron chi connectivity index (χ0n) is 13.3. The molecule has 1 aromatic carbocycles. The van der Waals surface area contributed by atoms with Crippen LogP contribution < -0.4 is 14.8 Å². The van der Waals surface area contributed by atoms with Crippen molar-refractivity contribution >= 4 is 0 Å². The number of nitrogens with one attached hydrogen (secondary N) is 1. The summed E-state index contributed by atoms with van der Waals surface area (Å²) in [5, 5.41) is 13.1. The number of benzene rings is 1. The van der Waals surface area contributed by atoms with Crippen molar-refractivity contribution in [3.63, 3.8) is 0 Å². The van der Waals surface area contributed by atoms with Gasteiger partial charge in [0.05, 0.1) is 19.8 Å². The molecule has 118 valence electrons. The van der Waals surface area contributed by atoms with Crippen LogP contribution in [0, 0.1) is 5.92 Å². The summed E-state index contributed by atoms with van der Waals surface area (Å²) in [4.78, 5) is 0. The number of hydrogen-bond donors (Lipinski definition) is 2. The highest BCUT2D eigenvalue weighted by molar-refractivity contribution is 5.42. The van der Waals surface area contributed by atoms with Crippen LogP contribution in [0.5, 0.6) is 11.5 Å². The van der Waals surface area contributed by atoms with Gasteiger partial charge < -0.3 is 19.9 Å². The van der Waals surface area contributed by atoms with Gasteiger partial charge >= 0.3 is 0 Å². The van der Waals surface area contributed by atoms with Crippen LogP contribution in [0.4, 0.5) is 0 Å². The Hall–Kier alpha value is -1.26. The van der Waals surface area contributed by atoms with E-state index in [1.807, 2.05) is 19.1 Å². The second-order valence-corrected chi connectivity index (χ2v) is 6.05. The molecule has 0 aliphatic carbocycles. The van der Waals surface area contributed by atoms with Crippen LogP contribution >= 0.6 is 0 Å². The topological polar surface area (TPSA) is 50.7 Å². The molecule has 0 spiro atoms. The predicted octanol–water partition coefficient (Wildman–Crippen LogP) is 2.91. The lowest BCUT2D eigenvalue weighted by atomic mass is 9.99. The molecule has 3 atom stereocenters. The van der Waals surface area contributed by atoms with Gasteiger partial charge in [-0.2, -0.15) is 0 Å². The summed E-state index contributed by atoms with van der Waals surface area (Å²) in [6.07, 6.45) is 2.68. The zero-order chi connectivity index (χ0) is 15.2. The van der Waals surface area contributed by atoms with Crippen LogP contribution in [0.3, 0.4) is 0 Å². The minimum absolute atomic E-state index is 0.244. The molecule has 21 heavy (non-hydrogen) atoms. The fraction of sp³-hybridized carbons (Fsp3) is 0.647. The largest absolute Gasteiger partial charge is 0.497 e. The number of fused-ring (bicyclic) bond motifs is 1. The summed E-state index contributed by atoms with van der Waals surface area (Å²) >= 11 is 0. The Kier molecular flexibility index (Phi) is 5.88. The van der Waals surface area contributed by atoms with Crippen molar-refractivity contribution in [3.8, 4) is 11.5 Å². The molecule has 1 aliphatic rings. The molecule has 0 fully saturated rings. The van der Waals surface area contributed by atoms with E-state index in [0.717, 1.165) is 43.9 Å². The van der Waals surface area contributed by atoms with Crippen LogP contribution in [0.2, 0.25) is 0 Å². The minimum atomic E-state index is -0.244. The van der Waals surface area contributed by atoms with Crippen molar-refractivity contribution in [2.75, 3.05) is 20.3 Å². The lowest BCUT2D eigenvalue weighted by Gasteiger charge is -2.22. The third-order valence-corrected chi connectivity index (χ3v) is 3.94. The Labute approximate surface area is 127 Å².